The van der Waals surface area contributed by atoms with Crippen molar-refractivity contribution in [2.75, 3.05) is 50.6 Å². The number of nitrogens with one attached hydrogen (secondary N) is 1. The van der Waals surface area contributed by atoms with Crippen LogP contribution in [0.15, 0.2) is 47.1 Å². The van der Waals surface area contributed by atoms with Crippen molar-refractivity contribution in [2.24, 2.45) is 0 Å². The van der Waals surface area contributed by atoms with E-state index >= 15 is 0 Å². The number of rotatable bonds is 5. The van der Waals surface area contributed by atoms with Crippen molar-refractivity contribution in [1.82, 2.24) is 9.88 Å². The minimum atomic E-state index is -0.161. The number of hydrogen-bond acceptors (Lipinski definition) is 5. The fraction of sp³-hybridized carbons (Fsp3) is 0.368. The van der Waals surface area contributed by atoms with Gasteiger partial charge in [-0.2, -0.15) is 0 Å². The van der Waals surface area contributed by atoms with E-state index in [-0.39, 0.29) is 12.0 Å². The second-order valence-electron chi connectivity index (χ2n) is 6.54. The van der Waals surface area contributed by atoms with E-state index < -0.39 is 0 Å². The molecule has 1 atom stereocenters. The highest BCUT2D eigenvalue weighted by Gasteiger charge is 2.25. The Hall–Kier alpha value is -1.96. The van der Waals surface area contributed by atoms with Crippen molar-refractivity contribution in [1.29, 1.82) is 0 Å². The van der Waals surface area contributed by atoms with Crippen molar-refractivity contribution in [3.8, 4) is 0 Å². The van der Waals surface area contributed by atoms with Gasteiger partial charge in [0, 0.05) is 36.0 Å². The highest BCUT2D eigenvalue weighted by Crippen LogP contribution is 2.22. The van der Waals surface area contributed by atoms with E-state index in [0.29, 0.717) is 24.5 Å². The summed E-state index contributed by atoms with van der Waals surface area (Å²) in [6.07, 6.45) is 1.82. The van der Waals surface area contributed by atoms with E-state index in [0.717, 1.165) is 23.2 Å². The Kier molecular flexibility index (Phi) is 6.24. The summed E-state index contributed by atoms with van der Waals surface area (Å²) in [6, 6.07) is 11.1. The molecule has 1 aromatic heterocycles. The van der Waals surface area contributed by atoms with Crippen LogP contribution in [0.5, 0.6) is 0 Å². The zero-order valence-electron chi connectivity index (χ0n) is 15.0. The first-order chi connectivity index (χ1) is 12.5. The van der Waals surface area contributed by atoms with Gasteiger partial charge in [-0.3, -0.25) is 4.79 Å². The highest BCUT2D eigenvalue weighted by atomic mass is 79.9. The number of benzene rings is 1. The van der Waals surface area contributed by atoms with Gasteiger partial charge < -0.3 is 19.9 Å². The number of halogens is 1. The number of carbonyl (C=O) groups is 1. The first-order valence-corrected chi connectivity index (χ1v) is 9.35. The largest absolute Gasteiger partial charge is 0.373 e. The van der Waals surface area contributed by atoms with Crippen LogP contribution < -0.4 is 10.2 Å². The molecule has 0 saturated carbocycles. The predicted molar refractivity (Wildman–Crippen MR) is 107 cm³/mol. The normalized spacial score (nSPS) is 17.4. The molecule has 3 rings (SSSR count). The van der Waals surface area contributed by atoms with Gasteiger partial charge in [0.25, 0.3) is 5.91 Å². The average Bonchev–Trinajstić information content (AvgIpc) is 2.63. The topological polar surface area (TPSA) is 57.7 Å². The summed E-state index contributed by atoms with van der Waals surface area (Å²) in [5.74, 6) is 0.542. The molecule has 1 fully saturated rings. The second-order valence-corrected chi connectivity index (χ2v) is 7.45. The Morgan fingerprint density at radius 2 is 2.12 bits per heavy atom. The molecule has 0 spiro atoms. The Balaban J connectivity index is 1.77. The van der Waals surface area contributed by atoms with Crippen molar-refractivity contribution in [3.63, 3.8) is 0 Å². The molecule has 0 bridgehead atoms. The van der Waals surface area contributed by atoms with Crippen LogP contribution in [0.3, 0.4) is 0 Å². The lowest BCUT2D eigenvalue weighted by molar-refractivity contribution is 0.0245. The van der Waals surface area contributed by atoms with Crippen LogP contribution in [0.2, 0.25) is 0 Å². The number of likely N-dealkylation sites (N-methyl/N-ethyl adjacent to an activating group) is 1. The summed E-state index contributed by atoms with van der Waals surface area (Å²) < 4.78 is 6.80. The fourth-order valence-corrected chi connectivity index (χ4v) is 3.25. The summed E-state index contributed by atoms with van der Waals surface area (Å²) >= 11 is 3.40. The lowest BCUT2D eigenvalue weighted by Crippen LogP contribution is -2.47. The molecule has 0 radical (unpaired) electrons. The molecule has 2 heterocycles. The van der Waals surface area contributed by atoms with Gasteiger partial charge >= 0.3 is 0 Å². The third kappa shape index (κ3) is 4.81. The van der Waals surface area contributed by atoms with Gasteiger partial charge in [-0.1, -0.05) is 15.9 Å². The van der Waals surface area contributed by atoms with Crippen molar-refractivity contribution in [2.45, 2.75) is 6.10 Å². The average molecular weight is 419 g/mol. The molecule has 2 aromatic rings. The lowest BCUT2D eigenvalue weighted by atomic mass is 10.2. The number of nitrogens with zero attached hydrogens (tertiary/aromatic N) is 3. The number of amides is 1. The van der Waals surface area contributed by atoms with Gasteiger partial charge in [0.05, 0.1) is 18.3 Å². The molecular weight excluding hydrogens is 396 g/mol. The third-order valence-electron chi connectivity index (χ3n) is 4.14. The van der Waals surface area contributed by atoms with Gasteiger partial charge in [0.1, 0.15) is 5.82 Å². The standard InChI is InChI=1S/C19H23BrN4O2/c1-23(2)12-16-13-24(10-11-26-16)18-17(4-3-9-21-18)19(25)22-15-7-5-14(20)6-8-15/h3-9,16H,10-13H2,1-2H3,(H,22,25). The van der Waals surface area contributed by atoms with E-state index in [9.17, 15) is 4.79 Å². The maximum atomic E-state index is 12.8. The summed E-state index contributed by atoms with van der Waals surface area (Å²) in [7, 11) is 4.06. The van der Waals surface area contributed by atoms with Gasteiger partial charge in [-0.25, -0.2) is 4.98 Å². The zero-order chi connectivity index (χ0) is 18.5. The van der Waals surface area contributed by atoms with E-state index in [4.69, 9.17) is 4.74 Å². The molecular formula is C19H23BrN4O2. The number of morpholine rings is 1. The number of hydrogen-bond donors (Lipinski definition) is 1. The van der Waals surface area contributed by atoms with Crippen LogP contribution in [0.1, 0.15) is 10.4 Å². The van der Waals surface area contributed by atoms with Crippen LogP contribution >= 0.6 is 15.9 Å². The lowest BCUT2D eigenvalue weighted by Gasteiger charge is -2.35. The Morgan fingerprint density at radius 3 is 2.85 bits per heavy atom. The number of carbonyl (C=O) groups excluding carboxylic acids is 1. The molecule has 26 heavy (non-hydrogen) atoms. The molecule has 7 heteroatoms. The van der Waals surface area contributed by atoms with Crippen LogP contribution in [-0.4, -0.2) is 62.2 Å². The van der Waals surface area contributed by atoms with Crippen LogP contribution in [-0.2, 0) is 4.74 Å². The number of ether oxygens (including phenoxy) is 1. The fourth-order valence-electron chi connectivity index (χ4n) is 2.99. The van der Waals surface area contributed by atoms with Crippen LogP contribution in [0, 0.1) is 0 Å². The molecule has 1 saturated heterocycles. The van der Waals surface area contributed by atoms with Crippen molar-refractivity contribution >= 4 is 33.3 Å². The zero-order valence-corrected chi connectivity index (χ0v) is 16.6. The first kappa shape index (κ1) is 18.8. The predicted octanol–water partition coefficient (Wildman–Crippen LogP) is 2.86. The molecule has 1 aromatic carbocycles. The van der Waals surface area contributed by atoms with E-state index in [2.05, 4.69) is 36.0 Å². The molecule has 138 valence electrons. The number of aromatic nitrogens is 1. The molecule has 1 N–H and O–H groups in total. The smallest absolute Gasteiger partial charge is 0.259 e. The van der Waals surface area contributed by atoms with Gasteiger partial charge in [0.15, 0.2) is 0 Å². The number of pyridine rings is 1. The highest BCUT2D eigenvalue weighted by molar-refractivity contribution is 9.10. The van der Waals surface area contributed by atoms with E-state index in [1.54, 1.807) is 12.3 Å². The number of anilines is 2. The quantitative estimate of drug-likeness (QED) is 0.808. The molecule has 1 aliphatic rings. The minimum absolute atomic E-state index is 0.100. The molecule has 0 aliphatic carbocycles. The Morgan fingerprint density at radius 1 is 1.35 bits per heavy atom. The Labute approximate surface area is 162 Å². The maximum absolute atomic E-state index is 12.8. The van der Waals surface area contributed by atoms with Crippen LogP contribution in [0.4, 0.5) is 11.5 Å². The monoisotopic (exact) mass is 418 g/mol. The summed E-state index contributed by atoms with van der Waals surface area (Å²) in [4.78, 5) is 21.5. The van der Waals surface area contributed by atoms with Gasteiger partial charge in [-0.15, -0.1) is 0 Å². The Bertz CT molecular complexity index is 751. The summed E-state index contributed by atoms with van der Waals surface area (Å²) in [5, 5.41) is 2.94. The van der Waals surface area contributed by atoms with Crippen LogP contribution in [0.25, 0.3) is 0 Å². The van der Waals surface area contributed by atoms with Gasteiger partial charge in [-0.05, 0) is 50.5 Å². The van der Waals surface area contributed by atoms with Crippen molar-refractivity contribution in [3.05, 3.63) is 52.6 Å². The molecule has 6 nitrogen and oxygen atoms in total. The summed E-state index contributed by atoms with van der Waals surface area (Å²) in [5.41, 5.74) is 1.32. The minimum Gasteiger partial charge on any atom is -0.373 e. The first-order valence-electron chi connectivity index (χ1n) is 8.56. The van der Waals surface area contributed by atoms with E-state index in [1.165, 1.54) is 0 Å². The molecule has 1 amide bonds. The molecule has 1 unspecified atom stereocenters. The second kappa shape index (κ2) is 8.62. The maximum Gasteiger partial charge on any atom is 0.259 e. The SMILES string of the molecule is CN(C)CC1CN(c2ncccc2C(=O)Nc2ccc(Br)cc2)CCO1. The third-order valence-corrected chi connectivity index (χ3v) is 4.67. The van der Waals surface area contributed by atoms with Gasteiger partial charge in [0.2, 0.25) is 0 Å². The van der Waals surface area contributed by atoms with E-state index in [1.807, 2.05) is 44.4 Å². The summed E-state index contributed by atoms with van der Waals surface area (Å²) in [6.45, 7) is 2.90. The van der Waals surface area contributed by atoms with Crippen molar-refractivity contribution < 1.29 is 9.53 Å². The molecule has 1 aliphatic heterocycles.